The van der Waals surface area contributed by atoms with Crippen LogP contribution in [0.15, 0.2) is 23.3 Å². The number of rotatable bonds is 2. The summed E-state index contributed by atoms with van der Waals surface area (Å²) in [5.74, 6) is 0.0520. The van der Waals surface area contributed by atoms with Crippen molar-refractivity contribution in [1.82, 2.24) is 0 Å². The predicted octanol–water partition coefficient (Wildman–Crippen LogP) is 1.91. The summed E-state index contributed by atoms with van der Waals surface area (Å²) in [5.41, 5.74) is 8.41. The van der Waals surface area contributed by atoms with Gasteiger partial charge in [-0.15, -0.1) is 0 Å². The normalized spacial score (nSPS) is 9.00. The molecule has 0 aliphatic rings. The highest BCUT2D eigenvalue weighted by atomic mass is 16.3. The van der Waals surface area contributed by atoms with Crippen LogP contribution in [0, 0.1) is 0 Å². The molecular formula is C7H7N3O2. The van der Waals surface area contributed by atoms with Crippen LogP contribution in [0.3, 0.4) is 0 Å². The number of azide groups is 1. The van der Waals surface area contributed by atoms with Crippen molar-refractivity contribution in [3.8, 4) is 11.5 Å². The van der Waals surface area contributed by atoms with E-state index in [1.165, 1.54) is 18.2 Å². The van der Waals surface area contributed by atoms with E-state index in [9.17, 15) is 0 Å². The molecule has 0 fully saturated rings. The molecule has 0 radical (unpaired) electrons. The van der Waals surface area contributed by atoms with Crippen LogP contribution in [0.5, 0.6) is 11.5 Å². The first-order valence-electron chi connectivity index (χ1n) is 3.26. The third-order valence-electron chi connectivity index (χ3n) is 1.37. The molecule has 0 saturated carbocycles. The highest BCUT2D eigenvalue weighted by Crippen LogP contribution is 2.22. The van der Waals surface area contributed by atoms with Crippen molar-refractivity contribution in [3.63, 3.8) is 0 Å². The minimum Gasteiger partial charge on any atom is -0.508 e. The largest absolute Gasteiger partial charge is 0.508 e. The number of phenolic OH excluding ortho intramolecular Hbond substituents is 2. The van der Waals surface area contributed by atoms with Crippen LogP contribution in [0.2, 0.25) is 0 Å². The van der Waals surface area contributed by atoms with Crippen LogP contribution in [0.25, 0.3) is 10.4 Å². The first-order valence-corrected chi connectivity index (χ1v) is 3.26. The Balaban J connectivity index is 2.96. The molecule has 1 rings (SSSR count). The lowest BCUT2D eigenvalue weighted by atomic mass is 10.2. The van der Waals surface area contributed by atoms with E-state index in [2.05, 4.69) is 10.0 Å². The van der Waals surface area contributed by atoms with Gasteiger partial charge < -0.3 is 10.2 Å². The molecule has 62 valence electrons. The molecule has 0 saturated heterocycles. The van der Waals surface area contributed by atoms with E-state index in [1.807, 2.05) is 0 Å². The van der Waals surface area contributed by atoms with Gasteiger partial charge in [0.25, 0.3) is 0 Å². The van der Waals surface area contributed by atoms with Crippen LogP contribution in [0.1, 0.15) is 5.56 Å². The molecule has 0 amide bonds. The molecule has 0 unspecified atom stereocenters. The highest BCUT2D eigenvalue weighted by molar-refractivity contribution is 5.38. The number of hydrogen-bond donors (Lipinski definition) is 2. The Bertz CT molecular complexity index is 331. The second-order valence-electron chi connectivity index (χ2n) is 2.20. The van der Waals surface area contributed by atoms with Gasteiger partial charge in [0.15, 0.2) is 0 Å². The third kappa shape index (κ3) is 1.81. The molecule has 2 N–H and O–H groups in total. The number of nitrogens with zero attached hydrogens (tertiary/aromatic N) is 3. The molecule has 0 atom stereocenters. The van der Waals surface area contributed by atoms with E-state index >= 15 is 0 Å². The zero-order valence-corrected chi connectivity index (χ0v) is 6.18. The van der Waals surface area contributed by atoms with Crippen molar-refractivity contribution >= 4 is 0 Å². The van der Waals surface area contributed by atoms with Crippen LogP contribution >= 0.6 is 0 Å². The standard InChI is InChI=1S/C7H7N3O2/c8-10-9-4-5-3-6(11)1-2-7(5)12/h1-3,11-12H,4H2. The van der Waals surface area contributed by atoms with Crippen LogP contribution in [0.4, 0.5) is 0 Å². The second kappa shape index (κ2) is 3.50. The summed E-state index contributed by atoms with van der Waals surface area (Å²) >= 11 is 0. The summed E-state index contributed by atoms with van der Waals surface area (Å²) in [7, 11) is 0. The molecule has 5 heteroatoms. The summed E-state index contributed by atoms with van der Waals surface area (Å²) in [6.45, 7) is 0.0384. The number of benzene rings is 1. The van der Waals surface area contributed by atoms with Gasteiger partial charge in [0.1, 0.15) is 11.5 Å². The lowest BCUT2D eigenvalue weighted by Crippen LogP contribution is -1.80. The van der Waals surface area contributed by atoms with Crippen LogP contribution in [-0.4, -0.2) is 10.2 Å². The average molecular weight is 165 g/mol. The molecule has 0 aliphatic heterocycles. The van der Waals surface area contributed by atoms with Crippen LogP contribution < -0.4 is 0 Å². The maximum absolute atomic E-state index is 9.17. The maximum Gasteiger partial charge on any atom is 0.119 e. The fourth-order valence-electron chi connectivity index (χ4n) is 0.806. The van der Waals surface area contributed by atoms with Gasteiger partial charge in [-0.25, -0.2) is 0 Å². The first kappa shape index (κ1) is 8.23. The fraction of sp³-hybridized carbons (Fsp3) is 0.143. The van der Waals surface area contributed by atoms with Gasteiger partial charge in [-0.1, -0.05) is 5.11 Å². The van der Waals surface area contributed by atoms with Gasteiger partial charge in [0, 0.05) is 10.5 Å². The molecule has 1 aromatic carbocycles. The lowest BCUT2D eigenvalue weighted by molar-refractivity contribution is 0.454. The Kier molecular flexibility index (Phi) is 2.40. The molecule has 0 aromatic heterocycles. The Labute approximate surface area is 68.5 Å². The van der Waals surface area contributed by atoms with Crippen molar-refractivity contribution < 1.29 is 10.2 Å². The first-order chi connectivity index (χ1) is 5.74. The van der Waals surface area contributed by atoms with Gasteiger partial charge in [-0.3, -0.25) is 0 Å². The van der Waals surface area contributed by atoms with Gasteiger partial charge in [-0.2, -0.15) is 0 Å². The Hall–Kier alpha value is -1.87. The summed E-state index contributed by atoms with van der Waals surface area (Å²) in [6.07, 6.45) is 0. The van der Waals surface area contributed by atoms with Crippen molar-refractivity contribution in [2.75, 3.05) is 0 Å². The summed E-state index contributed by atoms with van der Waals surface area (Å²) < 4.78 is 0. The lowest BCUT2D eigenvalue weighted by Gasteiger charge is -2.00. The van der Waals surface area contributed by atoms with E-state index in [4.69, 9.17) is 15.7 Å². The van der Waals surface area contributed by atoms with E-state index in [0.717, 1.165) is 0 Å². The Morgan fingerprint density at radius 2 is 2.17 bits per heavy atom. The smallest absolute Gasteiger partial charge is 0.119 e. The second-order valence-corrected chi connectivity index (χ2v) is 2.20. The molecule has 0 bridgehead atoms. The molecule has 0 spiro atoms. The summed E-state index contributed by atoms with van der Waals surface area (Å²) in [5, 5.41) is 21.4. The van der Waals surface area contributed by atoms with Crippen molar-refractivity contribution in [2.24, 2.45) is 5.11 Å². The number of hydrogen-bond acceptors (Lipinski definition) is 3. The molecule has 0 heterocycles. The zero-order valence-electron chi connectivity index (χ0n) is 6.18. The zero-order chi connectivity index (χ0) is 8.97. The molecule has 12 heavy (non-hydrogen) atoms. The van der Waals surface area contributed by atoms with Crippen molar-refractivity contribution in [3.05, 3.63) is 34.2 Å². The fourth-order valence-corrected chi connectivity index (χ4v) is 0.806. The maximum atomic E-state index is 9.17. The average Bonchev–Trinajstić information content (AvgIpc) is 2.07. The van der Waals surface area contributed by atoms with Gasteiger partial charge in [-0.05, 0) is 23.7 Å². The predicted molar refractivity (Wildman–Crippen MR) is 42.6 cm³/mol. The SMILES string of the molecule is [N-]=[N+]=NCc1cc(O)ccc1O. The van der Waals surface area contributed by atoms with E-state index in [-0.39, 0.29) is 18.0 Å². The van der Waals surface area contributed by atoms with Crippen LogP contribution in [-0.2, 0) is 6.54 Å². The van der Waals surface area contributed by atoms with Gasteiger partial charge >= 0.3 is 0 Å². The monoisotopic (exact) mass is 165 g/mol. The van der Waals surface area contributed by atoms with Crippen molar-refractivity contribution in [1.29, 1.82) is 0 Å². The highest BCUT2D eigenvalue weighted by Gasteiger charge is 1.99. The van der Waals surface area contributed by atoms with E-state index in [1.54, 1.807) is 0 Å². The Morgan fingerprint density at radius 1 is 1.42 bits per heavy atom. The van der Waals surface area contributed by atoms with E-state index < -0.39 is 0 Å². The topological polar surface area (TPSA) is 89.2 Å². The number of aromatic hydroxyl groups is 2. The molecular weight excluding hydrogens is 158 g/mol. The van der Waals surface area contributed by atoms with Gasteiger partial charge in [0.2, 0.25) is 0 Å². The minimum atomic E-state index is 0.0141. The molecule has 5 nitrogen and oxygen atoms in total. The molecule has 1 aromatic rings. The quantitative estimate of drug-likeness (QED) is 0.303. The van der Waals surface area contributed by atoms with E-state index in [0.29, 0.717) is 5.56 Å². The number of phenols is 2. The van der Waals surface area contributed by atoms with Crippen molar-refractivity contribution in [2.45, 2.75) is 6.54 Å². The third-order valence-corrected chi connectivity index (χ3v) is 1.37. The molecule has 0 aliphatic carbocycles. The Morgan fingerprint density at radius 3 is 2.83 bits per heavy atom. The minimum absolute atomic E-state index is 0.0141. The summed E-state index contributed by atoms with van der Waals surface area (Å²) in [6, 6.07) is 4.05. The summed E-state index contributed by atoms with van der Waals surface area (Å²) in [4.78, 5) is 2.53. The van der Waals surface area contributed by atoms with Gasteiger partial charge in [0.05, 0.1) is 6.54 Å².